The third-order valence-corrected chi connectivity index (χ3v) is 12.9. The third kappa shape index (κ3) is 6.33. The van der Waals surface area contributed by atoms with E-state index in [9.17, 15) is 0 Å². The number of rotatable bonds is 8. The highest BCUT2D eigenvalue weighted by molar-refractivity contribution is 6.07. The third-order valence-electron chi connectivity index (χ3n) is 12.9. The van der Waals surface area contributed by atoms with Crippen molar-refractivity contribution in [1.82, 2.24) is 0 Å². The molecule has 1 nitrogen and oxygen atoms in total. The van der Waals surface area contributed by atoms with Gasteiger partial charge in [-0.3, -0.25) is 0 Å². The molecule has 0 unspecified atom stereocenters. The molecule has 294 valence electrons. The second-order valence-corrected chi connectivity index (χ2v) is 16.8. The highest BCUT2D eigenvalue weighted by Gasteiger charge is 2.40. The summed E-state index contributed by atoms with van der Waals surface area (Å²) in [5.41, 5.74) is 20.5. The van der Waals surface area contributed by atoms with Crippen LogP contribution in [0.2, 0.25) is 0 Å². The van der Waals surface area contributed by atoms with Crippen LogP contribution < -0.4 is 4.90 Å². The van der Waals surface area contributed by atoms with Crippen molar-refractivity contribution >= 4 is 27.8 Å². The smallest absolute Gasteiger partial charge is 0.0587 e. The van der Waals surface area contributed by atoms with E-state index in [2.05, 4.69) is 255 Å². The minimum absolute atomic E-state index is 0.256. The summed E-state index contributed by atoms with van der Waals surface area (Å²) in [6.07, 6.45) is 0. The second kappa shape index (κ2) is 15.4. The van der Waals surface area contributed by atoms with Gasteiger partial charge in [0.05, 0.1) is 11.4 Å². The molecule has 0 amide bonds. The molecule has 1 aliphatic carbocycles. The van der Waals surface area contributed by atoms with E-state index in [4.69, 9.17) is 0 Å². The average molecular weight is 792 g/mol. The lowest BCUT2D eigenvalue weighted by atomic mass is 9.79. The largest absolute Gasteiger partial charge is 0.309 e. The molecule has 0 saturated carbocycles. The summed E-state index contributed by atoms with van der Waals surface area (Å²) in [6, 6.07) is 86.6. The fourth-order valence-corrected chi connectivity index (χ4v) is 9.96. The molecule has 0 saturated heterocycles. The number of para-hydroxylation sites is 1. The molecule has 0 N–H and O–H groups in total. The van der Waals surface area contributed by atoms with Crippen LogP contribution in [0.4, 0.5) is 17.1 Å². The predicted molar refractivity (Wildman–Crippen MR) is 263 cm³/mol. The maximum atomic E-state index is 2.54. The van der Waals surface area contributed by atoms with Gasteiger partial charge in [-0.25, -0.2) is 0 Å². The van der Waals surface area contributed by atoms with Crippen molar-refractivity contribution in [3.8, 4) is 66.8 Å². The van der Waals surface area contributed by atoms with E-state index in [0.29, 0.717) is 0 Å². The molecule has 0 fully saturated rings. The monoisotopic (exact) mass is 791 g/mol. The lowest BCUT2D eigenvalue weighted by Gasteiger charge is -2.35. The van der Waals surface area contributed by atoms with Gasteiger partial charge in [-0.2, -0.15) is 0 Å². The van der Waals surface area contributed by atoms with Crippen molar-refractivity contribution < 1.29 is 0 Å². The van der Waals surface area contributed by atoms with Gasteiger partial charge in [0.25, 0.3) is 0 Å². The van der Waals surface area contributed by atoms with Crippen molar-refractivity contribution in [1.29, 1.82) is 0 Å². The quantitative estimate of drug-likeness (QED) is 0.148. The van der Waals surface area contributed by atoms with E-state index < -0.39 is 0 Å². The lowest BCUT2D eigenvalue weighted by molar-refractivity contribution is 0.661. The van der Waals surface area contributed by atoms with E-state index in [0.717, 1.165) is 11.4 Å². The molecule has 0 bridgehead atoms. The van der Waals surface area contributed by atoms with Crippen LogP contribution >= 0.6 is 0 Å². The predicted octanol–water partition coefficient (Wildman–Crippen LogP) is 17.0. The van der Waals surface area contributed by atoms with Crippen LogP contribution in [-0.2, 0) is 5.41 Å². The number of fused-ring (bicyclic) bond motifs is 4. The van der Waals surface area contributed by atoms with Crippen LogP contribution in [0.5, 0.6) is 0 Å². The van der Waals surface area contributed by atoms with Crippen LogP contribution in [-0.4, -0.2) is 0 Å². The van der Waals surface area contributed by atoms with Crippen LogP contribution in [0.25, 0.3) is 77.5 Å². The molecule has 0 heterocycles. The second-order valence-electron chi connectivity index (χ2n) is 16.8. The Hall–Kier alpha value is -7.74. The molecule has 1 aliphatic rings. The molecule has 0 atom stereocenters. The summed E-state index contributed by atoms with van der Waals surface area (Å²) in [7, 11) is 0. The summed E-state index contributed by atoms with van der Waals surface area (Å²) in [6.45, 7) is 4.79. The number of anilines is 3. The molecule has 0 aromatic heterocycles. The van der Waals surface area contributed by atoms with E-state index >= 15 is 0 Å². The zero-order chi connectivity index (χ0) is 41.6. The summed E-state index contributed by atoms with van der Waals surface area (Å²) < 4.78 is 0. The number of benzene rings is 10. The SMILES string of the molecule is CC1(C)c2ccccc2-c2ccc(-c3ccccc3)c(N(c3ccc(-c4cccc(-c5cccc6cccc(-c7ccccc7)c56)c4)cc3)c3ccccc3-c3ccccc3)c21. The van der Waals surface area contributed by atoms with Gasteiger partial charge in [-0.15, -0.1) is 0 Å². The molecule has 11 rings (SSSR count). The minimum atomic E-state index is -0.256. The van der Waals surface area contributed by atoms with E-state index in [1.165, 1.54) is 94.3 Å². The van der Waals surface area contributed by atoms with Gasteiger partial charge in [0, 0.05) is 22.2 Å². The van der Waals surface area contributed by atoms with Crippen molar-refractivity contribution in [3.05, 3.63) is 248 Å². The van der Waals surface area contributed by atoms with Crippen molar-refractivity contribution in [3.63, 3.8) is 0 Å². The summed E-state index contributed by atoms with van der Waals surface area (Å²) in [5.74, 6) is 0. The van der Waals surface area contributed by atoms with Gasteiger partial charge in [0.2, 0.25) is 0 Å². The summed E-state index contributed by atoms with van der Waals surface area (Å²) >= 11 is 0. The zero-order valence-corrected chi connectivity index (χ0v) is 35.0. The van der Waals surface area contributed by atoms with Crippen molar-refractivity contribution in [2.75, 3.05) is 4.90 Å². The van der Waals surface area contributed by atoms with Crippen LogP contribution in [0.15, 0.2) is 237 Å². The normalized spacial score (nSPS) is 12.5. The van der Waals surface area contributed by atoms with Gasteiger partial charge in [-0.1, -0.05) is 226 Å². The summed E-state index contributed by atoms with van der Waals surface area (Å²) in [5, 5.41) is 2.51. The Morgan fingerprint density at radius 1 is 0.323 bits per heavy atom. The van der Waals surface area contributed by atoms with Crippen molar-refractivity contribution in [2.45, 2.75) is 19.3 Å². The Morgan fingerprint density at radius 3 is 1.48 bits per heavy atom. The standard InChI is InChI=1S/C61H45N/c1-61(2)56-33-14-12-30-54(56)55-40-39-53(45-23-10-5-11-24-45)60(59(55)61)62(57-34-15-13-29-50(57)43-19-6-3-7-20-43)49-37-35-42(36-38-49)47-27-16-28-48(41-47)52-32-18-26-46-25-17-31-51(58(46)52)44-21-8-4-9-22-44/h3-41H,1-2H3. The first kappa shape index (κ1) is 37.3. The molecule has 10 aromatic carbocycles. The van der Waals surface area contributed by atoms with Crippen LogP contribution in [0, 0.1) is 0 Å². The molecular weight excluding hydrogens is 747 g/mol. The van der Waals surface area contributed by atoms with Gasteiger partial charge >= 0.3 is 0 Å². The molecule has 0 spiro atoms. The van der Waals surface area contributed by atoms with Crippen molar-refractivity contribution in [2.24, 2.45) is 0 Å². The van der Waals surface area contributed by atoms with Gasteiger partial charge in [-0.05, 0) is 102 Å². The van der Waals surface area contributed by atoms with Gasteiger partial charge < -0.3 is 4.90 Å². The Balaban J connectivity index is 1.10. The average Bonchev–Trinajstić information content (AvgIpc) is 3.58. The van der Waals surface area contributed by atoms with Crippen LogP contribution in [0.3, 0.4) is 0 Å². The van der Waals surface area contributed by atoms with E-state index in [-0.39, 0.29) is 5.41 Å². The highest BCUT2D eigenvalue weighted by atomic mass is 15.2. The Kier molecular flexibility index (Phi) is 9.24. The Morgan fingerprint density at radius 2 is 0.806 bits per heavy atom. The fraction of sp³-hybridized carbons (Fsp3) is 0.0492. The number of hydrogen-bond acceptors (Lipinski definition) is 1. The Labute approximate surface area is 364 Å². The van der Waals surface area contributed by atoms with Gasteiger partial charge in [0.15, 0.2) is 0 Å². The molecule has 62 heavy (non-hydrogen) atoms. The topological polar surface area (TPSA) is 3.24 Å². The summed E-state index contributed by atoms with van der Waals surface area (Å²) in [4.78, 5) is 2.54. The molecule has 0 aliphatic heterocycles. The van der Waals surface area contributed by atoms with E-state index in [1.54, 1.807) is 0 Å². The maximum absolute atomic E-state index is 2.54. The molecule has 0 radical (unpaired) electrons. The Bertz CT molecular complexity index is 3230. The maximum Gasteiger partial charge on any atom is 0.0587 e. The number of hydrogen-bond donors (Lipinski definition) is 0. The first-order chi connectivity index (χ1) is 30.5. The highest BCUT2D eigenvalue weighted by Crippen LogP contribution is 2.57. The lowest BCUT2D eigenvalue weighted by Crippen LogP contribution is -2.22. The van der Waals surface area contributed by atoms with Gasteiger partial charge in [0.1, 0.15) is 0 Å². The molecular formula is C61H45N. The first-order valence-corrected chi connectivity index (χ1v) is 21.6. The molecule has 1 heteroatoms. The zero-order valence-electron chi connectivity index (χ0n) is 35.0. The number of nitrogens with zero attached hydrogens (tertiary/aromatic N) is 1. The minimum Gasteiger partial charge on any atom is -0.309 e. The first-order valence-electron chi connectivity index (χ1n) is 21.6. The fourth-order valence-electron chi connectivity index (χ4n) is 9.96. The van der Waals surface area contributed by atoms with E-state index in [1.807, 2.05) is 0 Å². The molecule has 10 aromatic rings. The van der Waals surface area contributed by atoms with Crippen LogP contribution in [0.1, 0.15) is 25.0 Å².